The fourth-order valence-corrected chi connectivity index (χ4v) is 4.32. The minimum atomic E-state index is 0. The van der Waals surface area contributed by atoms with Gasteiger partial charge in [-0.2, -0.15) is 9.90 Å². The van der Waals surface area contributed by atoms with Gasteiger partial charge in [-0.1, -0.05) is 60.8 Å². The molecule has 1 nitrogen and oxygen atoms in total. The molecule has 1 fully saturated rings. The highest BCUT2D eigenvalue weighted by atomic mass is 31.0. The summed E-state index contributed by atoms with van der Waals surface area (Å²) in [7, 11) is 0. The molecule has 1 aliphatic rings. The number of carbonyl (C=O) groups is 1. The van der Waals surface area contributed by atoms with Gasteiger partial charge in [0.1, 0.15) is 5.78 Å². The molecule has 1 rings (SSSR count). The lowest BCUT2D eigenvalue weighted by atomic mass is 9.65. The fourth-order valence-electron chi connectivity index (χ4n) is 4.32. The predicted octanol–water partition coefficient (Wildman–Crippen LogP) is 5.93. The highest BCUT2D eigenvalue weighted by Gasteiger charge is 2.44. The van der Waals surface area contributed by atoms with Crippen molar-refractivity contribution in [3.05, 3.63) is 0 Å². The molecule has 0 bridgehead atoms. The SMILES string of the molecule is CCCCCC1C(=O)CCC1C(C)(C)CC(C)(C)C.P.[HH]. The summed E-state index contributed by atoms with van der Waals surface area (Å²) in [5.41, 5.74) is 0.643. The van der Waals surface area contributed by atoms with Crippen molar-refractivity contribution >= 4 is 15.7 Å². The summed E-state index contributed by atoms with van der Waals surface area (Å²) in [5, 5.41) is 0. The molecule has 0 amide bonds. The zero-order valence-electron chi connectivity index (χ0n) is 14.7. The summed E-state index contributed by atoms with van der Waals surface area (Å²) in [6.45, 7) is 14.0. The Bertz CT molecular complexity index is 307. The summed E-state index contributed by atoms with van der Waals surface area (Å²) >= 11 is 0. The van der Waals surface area contributed by atoms with Gasteiger partial charge in [0, 0.05) is 13.8 Å². The molecule has 1 aliphatic carbocycles. The normalized spacial score (nSPS) is 23.8. The topological polar surface area (TPSA) is 17.1 Å². The Labute approximate surface area is 131 Å². The number of Topliss-reactive ketones (excluding diaryl/α,β-unsaturated/α-hetero) is 1. The number of hydrogen-bond donors (Lipinski definition) is 0. The second kappa shape index (κ2) is 7.92. The van der Waals surface area contributed by atoms with Crippen molar-refractivity contribution in [2.45, 2.75) is 86.5 Å². The summed E-state index contributed by atoms with van der Waals surface area (Å²) in [5.74, 6) is 1.50. The smallest absolute Gasteiger partial charge is 0.136 e. The molecule has 0 saturated heterocycles. The van der Waals surface area contributed by atoms with E-state index in [1.807, 2.05) is 0 Å². The second-order valence-electron chi connectivity index (χ2n) is 8.44. The molecule has 0 aliphatic heterocycles. The van der Waals surface area contributed by atoms with E-state index in [0.717, 1.165) is 19.3 Å². The van der Waals surface area contributed by atoms with Crippen LogP contribution in [-0.4, -0.2) is 5.78 Å². The summed E-state index contributed by atoms with van der Waals surface area (Å²) in [6, 6.07) is 0. The van der Waals surface area contributed by atoms with E-state index in [9.17, 15) is 4.79 Å². The maximum absolute atomic E-state index is 12.2. The van der Waals surface area contributed by atoms with Crippen LogP contribution in [0.4, 0.5) is 0 Å². The highest BCUT2D eigenvalue weighted by Crippen LogP contribution is 2.49. The monoisotopic (exact) mass is 302 g/mol. The minimum absolute atomic E-state index is 0. The number of hydrogen-bond acceptors (Lipinski definition) is 1. The largest absolute Gasteiger partial charge is 0.299 e. The van der Waals surface area contributed by atoms with Crippen LogP contribution in [-0.2, 0) is 4.79 Å². The van der Waals surface area contributed by atoms with E-state index in [0.29, 0.717) is 28.4 Å². The van der Waals surface area contributed by atoms with Crippen LogP contribution < -0.4 is 0 Å². The Kier molecular flexibility index (Phi) is 7.96. The molecule has 1 saturated carbocycles. The van der Waals surface area contributed by atoms with Gasteiger partial charge in [-0.3, -0.25) is 4.79 Å². The van der Waals surface area contributed by atoms with Crippen LogP contribution in [0.5, 0.6) is 0 Å². The first-order valence-electron chi connectivity index (χ1n) is 8.20. The number of ketones is 1. The lowest BCUT2D eigenvalue weighted by Gasteiger charge is -2.40. The highest BCUT2D eigenvalue weighted by molar-refractivity contribution is 6.92. The maximum atomic E-state index is 12.2. The Hall–Kier alpha value is 0.100. The lowest BCUT2D eigenvalue weighted by Crippen LogP contribution is -2.33. The lowest BCUT2D eigenvalue weighted by molar-refractivity contribution is -0.122. The molecule has 2 heteroatoms. The van der Waals surface area contributed by atoms with Crippen LogP contribution in [0.15, 0.2) is 0 Å². The van der Waals surface area contributed by atoms with Gasteiger partial charge in [0.2, 0.25) is 0 Å². The van der Waals surface area contributed by atoms with E-state index in [4.69, 9.17) is 0 Å². The van der Waals surface area contributed by atoms with Crippen LogP contribution in [0, 0.1) is 22.7 Å². The molecule has 0 spiro atoms. The molecule has 122 valence electrons. The van der Waals surface area contributed by atoms with Gasteiger partial charge in [-0.15, -0.1) is 0 Å². The van der Waals surface area contributed by atoms with Crippen molar-refractivity contribution in [2.75, 3.05) is 0 Å². The Morgan fingerprint density at radius 1 is 1.15 bits per heavy atom. The van der Waals surface area contributed by atoms with Gasteiger partial charge < -0.3 is 0 Å². The number of carbonyl (C=O) groups excluding carboxylic acids is 1. The number of rotatable bonds is 6. The van der Waals surface area contributed by atoms with E-state index < -0.39 is 0 Å². The zero-order chi connectivity index (χ0) is 14.7. The third-order valence-electron chi connectivity index (χ3n) is 4.71. The fraction of sp³-hybridized carbons (Fsp3) is 0.944. The van der Waals surface area contributed by atoms with Crippen LogP contribution >= 0.6 is 9.90 Å². The first kappa shape index (κ1) is 20.1. The second-order valence-corrected chi connectivity index (χ2v) is 8.44. The Morgan fingerprint density at radius 2 is 1.75 bits per heavy atom. The summed E-state index contributed by atoms with van der Waals surface area (Å²) < 4.78 is 0. The molecular formula is C18H39OP. The van der Waals surface area contributed by atoms with Crippen LogP contribution in [0.2, 0.25) is 0 Å². The van der Waals surface area contributed by atoms with Crippen molar-refractivity contribution in [3.8, 4) is 0 Å². The van der Waals surface area contributed by atoms with Crippen molar-refractivity contribution in [3.63, 3.8) is 0 Å². The molecular weight excluding hydrogens is 263 g/mol. The zero-order valence-corrected chi connectivity index (χ0v) is 16.1. The minimum Gasteiger partial charge on any atom is -0.299 e. The van der Waals surface area contributed by atoms with E-state index >= 15 is 0 Å². The van der Waals surface area contributed by atoms with Crippen molar-refractivity contribution in [1.29, 1.82) is 0 Å². The van der Waals surface area contributed by atoms with Crippen LogP contribution in [0.3, 0.4) is 0 Å². The molecule has 0 aromatic rings. The molecule has 0 heterocycles. The van der Waals surface area contributed by atoms with Crippen molar-refractivity contribution in [1.82, 2.24) is 0 Å². The summed E-state index contributed by atoms with van der Waals surface area (Å²) in [4.78, 5) is 12.2. The van der Waals surface area contributed by atoms with Crippen LogP contribution in [0.1, 0.15) is 87.9 Å². The first-order valence-corrected chi connectivity index (χ1v) is 8.20. The molecule has 20 heavy (non-hydrogen) atoms. The summed E-state index contributed by atoms with van der Waals surface area (Å²) in [6.07, 6.45) is 8.04. The van der Waals surface area contributed by atoms with Crippen LogP contribution in [0.25, 0.3) is 0 Å². The van der Waals surface area contributed by atoms with E-state index in [2.05, 4.69) is 41.5 Å². The van der Waals surface area contributed by atoms with Gasteiger partial charge in [-0.25, -0.2) is 0 Å². The van der Waals surface area contributed by atoms with Gasteiger partial charge in [-0.05, 0) is 36.0 Å². The standard InChI is InChI=1S/C18H34O.H3P.H2/c1-7-8-9-10-14-15(11-12-16(14)19)18(5,6)13-17(2,3)4;;/h14-15H,7-13H2,1-6H3;1H3;1H. The van der Waals surface area contributed by atoms with E-state index in [1.165, 1.54) is 25.7 Å². The molecule has 0 N–H and O–H groups in total. The predicted molar refractivity (Wildman–Crippen MR) is 96.4 cm³/mol. The molecule has 0 radical (unpaired) electrons. The molecule has 3 unspecified atom stereocenters. The Balaban J connectivity index is 0. The average Bonchev–Trinajstić information content (AvgIpc) is 2.58. The quantitative estimate of drug-likeness (QED) is 0.439. The number of unbranched alkanes of at least 4 members (excludes halogenated alkanes) is 2. The molecule has 0 aromatic heterocycles. The third-order valence-corrected chi connectivity index (χ3v) is 4.71. The van der Waals surface area contributed by atoms with E-state index in [1.54, 1.807) is 0 Å². The first-order chi connectivity index (χ1) is 8.67. The van der Waals surface area contributed by atoms with Gasteiger partial charge in [0.25, 0.3) is 0 Å². The average molecular weight is 302 g/mol. The van der Waals surface area contributed by atoms with Crippen molar-refractivity contribution < 1.29 is 6.22 Å². The van der Waals surface area contributed by atoms with Gasteiger partial charge >= 0.3 is 0 Å². The van der Waals surface area contributed by atoms with Crippen molar-refractivity contribution in [2.24, 2.45) is 22.7 Å². The maximum Gasteiger partial charge on any atom is 0.136 e. The third kappa shape index (κ3) is 5.84. The Morgan fingerprint density at radius 3 is 2.25 bits per heavy atom. The molecule has 0 aromatic carbocycles. The van der Waals surface area contributed by atoms with E-state index in [-0.39, 0.29) is 11.3 Å². The van der Waals surface area contributed by atoms with Gasteiger partial charge in [0.05, 0.1) is 0 Å². The van der Waals surface area contributed by atoms with Gasteiger partial charge in [0.15, 0.2) is 0 Å². The molecule has 3 atom stereocenters.